The third-order valence-corrected chi connectivity index (χ3v) is 3.97. The summed E-state index contributed by atoms with van der Waals surface area (Å²) in [7, 11) is 1.86. The van der Waals surface area contributed by atoms with E-state index in [0.29, 0.717) is 13.2 Å². The number of aryl methyl sites for hydroxylation is 2. The molecule has 6 heteroatoms. The molecule has 1 aliphatic heterocycles. The fourth-order valence-electron chi connectivity index (χ4n) is 2.82. The molecule has 0 bridgehead atoms. The molecule has 0 aliphatic carbocycles. The number of carbonyl (C=O) groups is 1. The number of hydrogen-bond acceptors (Lipinski definition) is 4. The molecule has 1 fully saturated rings. The summed E-state index contributed by atoms with van der Waals surface area (Å²) >= 11 is 0. The van der Waals surface area contributed by atoms with E-state index in [1.807, 2.05) is 38.2 Å². The second-order valence-electron chi connectivity index (χ2n) is 5.55. The van der Waals surface area contributed by atoms with Crippen molar-refractivity contribution in [2.75, 3.05) is 6.61 Å². The first kappa shape index (κ1) is 14.7. The molecular weight excluding hydrogens is 280 g/mol. The molecule has 0 spiro atoms. The Labute approximate surface area is 129 Å². The normalized spacial score (nSPS) is 21.0. The molecule has 1 N–H and O–H groups in total. The minimum atomic E-state index is -0.224. The highest BCUT2D eigenvalue weighted by molar-refractivity contribution is 5.79. The molecule has 2 aromatic heterocycles. The first-order chi connectivity index (χ1) is 10.6. The van der Waals surface area contributed by atoms with Crippen LogP contribution in [0.25, 0.3) is 0 Å². The van der Waals surface area contributed by atoms with Crippen molar-refractivity contribution in [1.29, 1.82) is 0 Å². The van der Waals surface area contributed by atoms with Crippen LogP contribution < -0.4 is 5.32 Å². The molecule has 3 heterocycles. The van der Waals surface area contributed by atoms with Gasteiger partial charge in [-0.1, -0.05) is 6.07 Å². The van der Waals surface area contributed by atoms with Crippen LogP contribution in [0.15, 0.2) is 30.5 Å². The Morgan fingerprint density at radius 3 is 3.05 bits per heavy atom. The minimum absolute atomic E-state index is 0.00649. The van der Waals surface area contributed by atoms with Crippen molar-refractivity contribution >= 4 is 5.91 Å². The Kier molecular flexibility index (Phi) is 4.20. The highest BCUT2D eigenvalue weighted by atomic mass is 16.5. The summed E-state index contributed by atoms with van der Waals surface area (Å²) < 4.78 is 7.51. The average Bonchev–Trinajstić information content (AvgIpc) is 3.13. The van der Waals surface area contributed by atoms with Gasteiger partial charge < -0.3 is 10.1 Å². The number of amides is 1. The van der Waals surface area contributed by atoms with E-state index in [1.54, 1.807) is 10.9 Å². The molecule has 116 valence electrons. The number of carbonyl (C=O) groups excluding carboxylic acids is 1. The number of nitrogens with one attached hydrogen (secondary N) is 1. The highest BCUT2D eigenvalue weighted by Crippen LogP contribution is 2.34. The van der Waals surface area contributed by atoms with E-state index in [9.17, 15) is 4.79 Å². The van der Waals surface area contributed by atoms with E-state index < -0.39 is 0 Å². The first-order valence-corrected chi connectivity index (χ1v) is 7.45. The lowest BCUT2D eigenvalue weighted by molar-refractivity contribution is -0.127. The van der Waals surface area contributed by atoms with Gasteiger partial charge in [-0.15, -0.1) is 0 Å². The molecule has 0 unspecified atom stereocenters. The second kappa shape index (κ2) is 6.27. The van der Waals surface area contributed by atoms with Crippen molar-refractivity contribution in [3.63, 3.8) is 0 Å². The molecule has 3 rings (SSSR count). The fourth-order valence-corrected chi connectivity index (χ4v) is 2.82. The van der Waals surface area contributed by atoms with Gasteiger partial charge in [0.1, 0.15) is 6.10 Å². The van der Waals surface area contributed by atoms with Crippen LogP contribution in [0.3, 0.4) is 0 Å². The molecule has 1 aliphatic rings. The number of pyridine rings is 1. The van der Waals surface area contributed by atoms with Crippen LogP contribution in [0.2, 0.25) is 0 Å². The van der Waals surface area contributed by atoms with Gasteiger partial charge >= 0.3 is 0 Å². The number of nitrogens with zero attached hydrogens (tertiary/aromatic N) is 3. The van der Waals surface area contributed by atoms with E-state index in [0.717, 1.165) is 23.5 Å². The van der Waals surface area contributed by atoms with Crippen molar-refractivity contribution in [2.45, 2.75) is 26.0 Å². The standard InChI is InChI=1S/C16H20N4O2/c1-11-4-3-5-12(19-11)10-17-16(21)13-7-9-22-15(13)14-6-8-18-20(14)2/h3-6,8,13,15H,7,9-10H2,1-2H3,(H,17,21)/t13-,15-/m1/s1. The predicted molar refractivity (Wildman–Crippen MR) is 80.8 cm³/mol. The molecule has 1 saturated heterocycles. The summed E-state index contributed by atoms with van der Waals surface area (Å²) in [6.45, 7) is 2.97. The lowest BCUT2D eigenvalue weighted by Crippen LogP contribution is -2.32. The van der Waals surface area contributed by atoms with E-state index >= 15 is 0 Å². The quantitative estimate of drug-likeness (QED) is 0.929. The number of rotatable bonds is 4. The molecule has 0 radical (unpaired) electrons. The Bertz CT molecular complexity index is 668. The average molecular weight is 300 g/mol. The van der Waals surface area contributed by atoms with Crippen molar-refractivity contribution in [3.05, 3.63) is 47.5 Å². The molecule has 2 atom stereocenters. The van der Waals surface area contributed by atoms with Crippen LogP contribution in [0.4, 0.5) is 0 Å². The highest BCUT2D eigenvalue weighted by Gasteiger charge is 2.36. The third-order valence-electron chi connectivity index (χ3n) is 3.97. The summed E-state index contributed by atoms with van der Waals surface area (Å²) in [5.41, 5.74) is 2.75. The van der Waals surface area contributed by atoms with Gasteiger partial charge in [0.15, 0.2) is 0 Å². The molecule has 6 nitrogen and oxygen atoms in total. The summed E-state index contributed by atoms with van der Waals surface area (Å²) in [6.07, 6.45) is 2.23. The molecule has 1 amide bonds. The maximum Gasteiger partial charge on any atom is 0.226 e. The lowest BCUT2D eigenvalue weighted by atomic mass is 9.98. The topological polar surface area (TPSA) is 69.0 Å². The van der Waals surface area contributed by atoms with E-state index in [1.165, 1.54) is 0 Å². The van der Waals surface area contributed by atoms with Gasteiger partial charge in [-0.2, -0.15) is 5.10 Å². The van der Waals surface area contributed by atoms with Crippen LogP contribution >= 0.6 is 0 Å². The van der Waals surface area contributed by atoms with E-state index in [4.69, 9.17) is 4.74 Å². The zero-order valence-electron chi connectivity index (χ0n) is 12.8. The predicted octanol–water partition coefficient (Wildman–Crippen LogP) is 1.52. The van der Waals surface area contributed by atoms with Crippen LogP contribution in [0, 0.1) is 12.8 Å². The van der Waals surface area contributed by atoms with Gasteiger partial charge in [0.2, 0.25) is 5.91 Å². The van der Waals surface area contributed by atoms with Crippen LogP contribution in [0.1, 0.15) is 29.6 Å². The molecule has 0 aromatic carbocycles. The van der Waals surface area contributed by atoms with Crippen molar-refractivity contribution < 1.29 is 9.53 Å². The summed E-state index contributed by atoms with van der Waals surface area (Å²) in [4.78, 5) is 16.9. The molecule has 22 heavy (non-hydrogen) atoms. The van der Waals surface area contributed by atoms with Crippen LogP contribution in [-0.4, -0.2) is 27.3 Å². The summed E-state index contributed by atoms with van der Waals surface area (Å²) in [5, 5.41) is 7.12. The van der Waals surface area contributed by atoms with Crippen LogP contribution in [0.5, 0.6) is 0 Å². The Balaban J connectivity index is 1.65. The molecular formula is C16H20N4O2. The summed E-state index contributed by atoms with van der Waals surface area (Å²) in [5.74, 6) is -0.174. The Hall–Kier alpha value is -2.21. The SMILES string of the molecule is Cc1cccc(CNC(=O)[C@@H]2CCO[C@H]2c2ccnn2C)n1. The number of ether oxygens (including phenoxy) is 1. The zero-order chi connectivity index (χ0) is 15.5. The maximum atomic E-state index is 12.5. The smallest absolute Gasteiger partial charge is 0.226 e. The number of hydrogen-bond donors (Lipinski definition) is 1. The number of aromatic nitrogens is 3. The van der Waals surface area contributed by atoms with E-state index in [-0.39, 0.29) is 17.9 Å². The van der Waals surface area contributed by atoms with Gasteiger partial charge in [-0.05, 0) is 31.5 Å². The Morgan fingerprint density at radius 1 is 1.45 bits per heavy atom. The van der Waals surface area contributed by atoms with Crippen molar-refractivity contribution in [2.24, 2.45) is 13.0 Å². The van der Waals surface area contributed by atoms with Gasteiger partial charge in [0.05, 0.1) is 23.9 Å². The monoisotopic (exact) mass is 300 g/mol. The van der Waals surface area contributed by atoms with Gasteiger partial charge in [-0.3, -0.25) is 14.5 Å². The lowest BCUT2D eigenvalue weighted by Gasteiger charge is -2.18. The minimum Gasteiger partial charge on any atom is -0.371 e. The van der Waals surface area contributed by atoms with Gasteiger partial charge in [0.25, 0.3) is 0 Å². The van der Waals surface area contributed by atoms with Crippen molar-refractivity contribution in [1.82, 2.24) is 20.1 Å². The molecule has 2 aromatic rings. The zero-order valence-corrected chi connectivity index (χ0v) is 12.8. The van der Waals surface area contributed by atoms with Gasteiger partial charge in [-0.25, -0.2) is 0 Å². The summed E-state index contributed by atoms with van der Waals surface area (Å²) in [6, 6.07) is 7.70. The van der Waals surface area contributed by atoms with Crippen molar-refractivity contribution in [3.8, 4) is 0 Å². The van der Waals surface area contributed by atoms with Crippen LogP contribution in [-0.2, 0) is 23.1 Å². The molecule has 0 saturated carbocycles. The third kappa shape index (κ3) is 3.01. The van der Waals surface area contributed by atoms with E-state index in [2.05, 4.69) is 15.4 Å². The second-order valence-corrected chi connectivity index (χ2v) is 5.55. The van der Waals surface area contributed by atoms with Gasteiger partial charge in [0, 0.05) is 25.5 Å². The largest absolute Gasteiger partial charge is 0.371 e. The fraction of sp³-hybridized carbons (Fsp3) is 0.438. The Morgan fingerprint density at radius 2 is 2.32 bits per heavy atom. The maximum absolute atomic E-state index is 12.5. The first-order valence-electron chi connectivity index (χ1n) is 7.45.